The minimum Gasteiger partial charge on any atom is -0.396 e. The standard InChI is InChI=1S/C9H12FNO3/c10-8-3-1-2-6(11-8)9(14)7(13)4-5-12/h1-3,7,9,12-14H,4-5H2. The van der Waals surface area contributed by atoms with Gasteiger partial charge in [-0.2, -0.15) is 4.39 Å². The largest absolute Gasteiger partial charge is 0.396 e. The van der Waals surface area contributed by atoms with E-state index in [1.54, 1.807) is 0 Å². The van der Waals surface area contributed by atoms with E-state index < -0.39 is 18.2 Å². The number of hydrogen-bond donors (Lipinski definition) is 3. The number of halogens is 1. The van der Waals surface area contributed by atoms with E-state index in [1.165, 1.54) is 12.1 Å². The van der Waals surface area contributed by atoms with Gasteiger partial charge in [0, 0.05) is 6.61 Å². The van der Waals surface area contributed by atoms with Crippen molar-refractivity contribution in [2.24, 2.45) is 0 Å². The van der Waals surface area contributed by atoms with Crippen molar-refractivity contribution in [2.75, 3.05) is 6.61 Å². The van der Waals surface area contributed by atoms with Gasteiger partial charge in [0.1, 0.15) is 6.10 Å². The van der Waals surface area contributed by atoms with E-state index in [0.29, 0.717) is 0 Å². The molecule has 2 unspecified atom stereocenters. The van der Waals surface area contributed by atoms with Crippen molar-refractivity contribution in [3.05, 3.63) is 29.8 Å². The monoisotopic (exact) mass is 201 g/mol. The first-order valence-corrected chi connectivity index (χ1v) is 4.24. The third-order valence-electron chi connectivity index (χ3n) is 1.83. The zero-order valence-corrected chi connectivity index (χ0v) is 7.47. The van der Waals surface area contributed by atoms with Gasteiger partial charge in [0.05, 0.1) is 11.8 Å². The summed E-state index contributed by atoms with van der Waals surface area (Å²) in [7, 11) is 0. The van der Waals surface area contributed by atoms with Crippen molar-refractivity contribution in [3.8, 4) is 0 Å². The topological polar surface area (TPSA) is 73.6 Å². The summed E-state index contributed by atoms with van der Waals surface area (Å²) < 4.78 is 12.6. The summed E-state index contributed by atoms with van der Waals surface area (Å²) in [5.74, 6) is -0.710. The maximum absolute atomic E-state index is 12.6. The van der Waals surface area contributed by atoms with Crippen molar-refractivity contribution in [1.82, 2.24) is 4.98 Å². The quantitative estimate of drug-likeness (QED) is 0.599. The van der Waals surface area contributed by atoms with E-state index in [4.69, 9.17) is 5.11 Å². The molecule has 0 aliphatic heterocycles. The lowest BCUT2D eigenvalue weighted by Crippen LogP contribution is -2.20. The fraction of sp³-hybridized carbons (Fsp3) is 0.444. The van der Waals surface area contributed by atoms with Gasteiger partial charge in [-0.3, -0.25) is 0 Å². The highest BCUT2D eigenvalue weighted by molar-refractivity contribution is 5.08. The van der Waals surface area contributed by atoms with E-state index in [0.717, 1.165) is 6.07 Å². The molecule has 0 aliphatic rings. The van der Waals surface area contributed by atoms with Crippen LogP contribution in [-0.4, -0.2) is 33.0 Å². The lowest BCUT2D eigenvalue weighted by molar-refractivity contribution is 0.00155. The Balaban J connectivity index is 2.73. The summed E-state index contributed by atoms with van der Waals surface area (Å²) in [5, 5.41) is 27.3. The second-order valence-corrected chi connectivity index (χ2v) is 2.91. The first-order valence-electron chi connectivity index (χ1n) is 4.24. The van der Waals surface area contributed by atoms with Gasteiger partial charge in [-0.25, -0.2) is 4.98 Å². The van der Waals surface area contributed by atoms with E-state index in [1.807, 2.05) is 0 Å². The van der Waals surface area contributed by atoms with Crippen molar-refractivity contribution in [2.45, 2.75) is 18.6 Å². The Morgan fingerprint density at radius 1 is 1.36 bits per heavy atom. The van der Waals surface area contributed by atoms with Crippen molar-refractivity contribution in [1.29, 1.82) is 0 Å². The van der Waals surface area contributed by atoms with Gasteiger partial charge in [-0.15, -0.1) is 0 Å². The predicted molar refractivity (Wildman–Crippen MR) is 46.9 cm³/mol. The maximum Gasteiger partial charge on any atom is 0.213 e. The molecule has 14 heavy (non-hydrogen) atoms. The Labute approximate surface area is 80.7 Å². The fourth-order valence-corrected chi connectivity index (χ4v) is 1.08. The van der Waals surface area contributed by atoms with Crippen LogP contribution >= 0.6 is 0 Å². The summed E-state index contributed by atoms with van der Waals surface area (Å²) in [6, 6.07) is 3.95. The van der Waals surface area contributed by atoms with E-state index in [2.05, 4.69) is 4.98 Å². The van der Waals surface area contributed by atoms with E-state index in [-0.39, 0.29) is 18.7 Å². The molecule has 1 rings (SSSR count). The van der Waals surface area contributed by atoms with Crippen LogP contribution in [0.4, 0.5) is 4.39 Å². The molecule has 1 heterocycles. The summed E-state index contributed by atoms with van der Waals surface area (Å²) in [6.45, 7) is -0.243. The van der Waals surface area contributed by atoms with Crippen molar-refractivity contribution >= 4 is 0 Å². The summed E-state index contributed by atoms with van der Waals surface area (Å²) in [6.07, 6.45) is -2.37. The highest BCUT2D eigenvalue weighted by Gasteiger charge is 2.19. The SMILES string of the molecule is OCCC(O)C(O)c1cccc(F)n1. The molecule has 1 aromatic rings. The zero-order valence-electron chi connectivity index (χ0n) is 7.47. The molecule has 1 aromatic heterocycles. The van der Waals surface area contributed by atoms with Crippen LogP contribution in [0.3, 0.4) is 0 Å². The Morgan fingerprint density at radius 3 is 2.64 bits per heavy atom. The molecule has 5 heteroatoms. The number of pyridine rings is 1. The molecule has 0 radical (unpaired) electrons. The predicted octanol–water partition coefficient (Wildman–Crippen LogP) is -0.00260. The molecule has 0 spiro atoms. The molecular weight excluding hydrogens is 189 g/mol. The highest BCUT2D eigenvalue weighted by Crippen LogP contribution is 2.16. The molecule has 0 amide bonds. The van der Waals surface area contributed by atoms with Crippen LogP contribution in [0.15, 0.2) is 18.2 Å². The maximum atomic E-state index is 12.6. The second-order valence-electron chi connectivity index (χ2n) is 2.91. The Bertz CT molecular complexity index is 295. The first-order chi connectivity index (χ1) is 6.65. The molecule has 0 aromatic carbocycles. The normalized spacial score (nSPS) is 15.1. The number of hydrogen-bond acceptors (Lipinski definition) is 4. The third kappa shape index (κ3) is 2.73. The van der Waals surface area contributed by atoms with Crippen molar-refractivity contribution in [3.63, 3.8) is 0 Å². The van der Waals surface area contributed by atoms with Gasteiger partial charge >= 0.3 is 0 Å². The first kappa shape index (κ1) is 11.0. The van der Waals surface area contributed by atoms with Gasteiger partial charge in [-0.1, -0.05) is 6.07 Å². The summed E-state index contributed by atoms with van der Waals surface area (Å²) in [5.41, 5.74) is 0.0611. The Morgan fingerprint density at radius 2 is 2.07 bits per heavy atom. The fourth-order valence-electron chi connectivity index (χ4n) is 1.08. The second kappa shape index (κ2) is 4.99. The molecule has 0 aliphatic carbocycles. The molecule has 0 bridgehead atoms. The molecule has 4 nitrogen and oxygen atoms in total. The molecule has 3 N–H and O–H groups in total. The van der Waals surface area contributed by atoms with Gasteiger partial charge in [-0.05, 0) is 18.6 Å². The molecular formula is C9H12FNO3. The van der Waals surface area contributed by atoms with Crippen LogP contribution in [0.1, 0.15) is 18.2 Å². The number of aliphatic hydroxyl groups is 3. The number of aromatic nitrogens is 1. The molecule has 0 fully saturated rings. The third-order valence-corrected chi connectivity index (χ3v) is 1.83. The summed E-state index contributed by atoms with van der Waals surface area (Å²) >= 11 is 0. The highest BCUT2D eigenvalue weighted by atomic mass is 19.1. The molecule has 0 saturated carbocycles. The van der Waals surface area contributed by atoms with Gasteiger partial charge < -0.3 is 15.3 Å². The number of nitrogens with zero attached hydrogens (tertiary/aromatic N) is 1. The number of rotatable bonds is 4. The summed E-state index contributed by atoms with van der Waals surface area (Å²) in [4.78, 5) is 3.42. The van der Waals surface area contributed by atoms with Crippen LogP contribution in [0.25, 0.3) is 0 Å². The zero-order chi connectivity index (χ0) is 10.6. The van der Waals surface area contributed by atoms with E-state index in [9.17, 15) is 14.6 Å². The van der Waals surface area contributed by atoms with Crippen LogP contribution in [0.2, 0.25) is 0 Å². The Kier molecular flexibility index (Phi) is 3.94. The minimum absolute atomic E-state index is 0.0271. The van der Waals surface area contributed by atoms with Crippen LogP contribution in [0, 0.1) is 5.95 Å². The van der Waals surface area contributed by atoms with Gasteiger partial charge in [0.15, 0.2) is 0 Å². The minimum atomic E-state index is -1.27. The van der Waals surface area contributed by atoms with Crippen LogP contribution in [0.5, 0.6) is 0 Å². The molecule has 78 valence electrons. The average Bonchev–Trinajstić information content (AvgIpc) is 2.17. The van der Waals surface area contributed by atoms with Crippen LogP contribution < -0.4 is 0 Å². The lowest BCUT2D eigenvalue weighted by Gasteiger charge is -2.15. The van der Waals surface area contributed by atoms with E-state index >= 15 is 0 Å². The lowest BCUT2D eigenvalue weighted by atomic mass is 10.1. The van der Waals surface area contributed by atoms with Gasteiger partial charge in [0.2, 0.25) is 5.95 Å². The smallest absolute Gasteiger partial charge is 0.213 e. The van der Waals surface area contributed by atoms with Crippen molar-refractivity contribution < 1.29 is 19.7 Å². The number of aliphatic hydroxyl groups excluding tert-OH is 3. The average molecular weight is 201 g/mol. The molecule has 2 atom stereocenters. The Hall–Kier alpha value is -1.04. The molecule has 0 saturated heterocycles. The van der Waals surface area contributed by atoms with Gasteiger partial charge in [0.25, 0.3) is 0 Å². The van der Waals surface area contributed by atoms with Crippen LogP contribution in [-0.2, 0) is 0 Å².